The number of hydrogen-bond donors (Lipinski definition) is 1. The van der Waals surface area contributed by atoms with Crippen molar-refractivity contribution < 1.29 is 13.0 Å². The summed E-state index contributed by atoms with van der Waals surface area (Å²) in [5.41, 5.74) is 2.17. The minimum Gasteiger partial charge on any atom is -0.279 e. The molecule has 0 bridgehead atoms. The van der Waals surface area contributed by atoms with Gasteiger partial charge in [0.05, 0.1) is 5.69 Å². The number of sulfonamides is 1. The molecule has 2 aromatic carbocycles. The van der Waals surface area contributed by atoms with Crippen molar-refractivity contribution >= 4 is 26.7 Å². The third kappa shape index (κ3) is 2.92. The molecule has 0 unspecified atom stereocenters. The minimum absolute atomic E-state index is 0.0511. The lowest BCUT2D eigenvalue weighted by Crippen LogP contribution is -2.15. The number of nitrogens with one attached hydrogen (secondary N) is 1. The zero-order valence-corrected chi connectivity index (χ0v) is 13.7. The van der Waals surface area contributed by atoms with Gasteiger partial charge in [0.1, 0.15) is 10.4 Å². The van der Waals surface area contributed by atoms with Gasteiger partial charge in [-0.25, -0.2) is 13.0 Å². The Labute approximate surface area is 134 Å². The van der Waals surface area contributed by atoms with E-state index >= 15 is 0 Å². The van der Waals surface area contributed by atoms with Crippen molar-refractivity contribution in [1.82, 2.24) is 10.3 Å². The molecule has 3 rings (SSSR count). The van der Waals surface area contributed by atoms with Gasteiger partial charge >= 0.3 is 0 Å². The molecule has 7 heteroatoms. The quantitative estimate of drug-likeness (QED) is 0.773. The Morgan fingerprint density at radius 2 is 1.91 bits per heavy atom. The molecule has 0 aliphatic carbocycles. The molecule has 0 saturated heterocycles. The van der Waals surface area contributed by atoms with E-state index in [2.05, 4.69) is 33.5 Å². The first-order valence-electron chi connectivity index (χ1n) is 7.36. The van der Waals surface area contributed by atoms with E-state index in [0.717, 1.165) is 12.0 Å². The lowest BCUT2D eigenvalue weighted by molar-refractivity contribution is 0.315. The number of para-hydroxylation sites is 1. The molecule has 0 amide bonds. The molecule has 0 radical (unpaired) electrons. The highest BCUT2D eigenvalue weighted by Crippen LogP contribution is 2.29. The van der Waals surface area contributed by atoms with Crippen LogP contribution in [-0.2, 0) is 10.0 Å². The molecular weight excluding hydrogens is 314 g/mol. The second kappa shape index (κ2) is 6.00. The van der Waals surface area contributed by atoms with Gasteiger partial charge in [0.25, 0.3) is 10.0 Å². The fourth-order valence-corrected chi connectivity index (χ4v) is 3.68. The molecule has 1 N–H and O–H groups in total. The predicted octanol–water partition coefficient (Wildman–Crippen LogP) is 3.54. The monoisotopic (exact) mass is 331 g/mol. The molecule has 0 saturated carbocycles. The van der Waals surface area contributed by atoms with E-state index in [1.807, 2.05) is 18.2 Å². The van der Waals surface area contributed by atoms with Gasteiger partial charge in [-0.1, -0.05) is 38.1 Å². The topological polar surface area (TPSA) is 85.1 Å². The third-order valence-electron chi connectivity index (χ3n) is 3.89. The fraction of sp³-hybridized carbons (Fsp3) is 0.250. The predicted molar refractivity (Wildman–Crippen MR) is 87.8 cm³/mol. The molecule has 23 heavy (non-hydrogen) atoms. The Balaban J connectivity index is 2.04. The molecule has 0 spiro atoms. The Morgan fingerprint density at radius 3 is 2.70 bits per heavy atom. The van der Waals surface area contributed by atoms with Gasteiger partial charge in [0.15, 0.2) is 5.52 Å². The zero-order valence-electron chi connectivity index (χ0n) is 12.9. The van der Waals surface area contributed by atoms with Crippen molar-refractivity contribution in [2.45, 2.75) is 31.1 Å². The fourth-order valence-electron chi connectivity index (χ4n) is 2.44. The van der Waals surface area contributed by atoms with Crippen LogP contribution in [0.4, 0.5) is 5.69 Å². The summed E-state index contributed by atoms with van der Waals surface area (Å²) in [5.74, 6) is 0.249. The Hall–Kier alpha value is -2.41. The van der Waals surface area contributed by atoms with E-state index < -0.39 is 10.0 Å². The molecule has 0 fully saturated rings. The number of anilines is 1. The van der Waals surface area contributed by atoms with Gasteiger partial charge in [-0.15, -0.1) is 0 Å². The summed E-state index contributed by atoms with van der Waals surface area (Å²) in [6, 6.07) is 12.2. The lowest BCUT2D eigenvalue weighted by Gasteiger charge is -2.16. The maximum absolute atomic E-state index is 12.8. The van der Waals surface area contributed by atoms with Crippen LogP contribution in [0.15, 0.2) is 52.0 Å². The molecule has 6 nitrogen and oxygen atoms in total. The highest BCUT2D eigenvalue weighted by atomic mass is 32.2. The average molecular weight is 331 g/mol. The van der Waals surface area contributed by atoms with Gasteiger partial charge < -0.3 is 0 Å². The number of aromatic nitrogens is 2. The van der Waals surface area contributed by atoms with E-state index in [9.17, 15) is 8.42 Å². The van der Waals surface area contributed by atoms with Gasteiger partial charge in [-0.05, 0) is 46.4 Å². The van der Waals surface area contributed by atoms with E-state index in [1.165, 1.54) is 6.07 Å². The Bertz CT molecular complexity index is 934. The van der Waals surface area contributed by atoms with Crippen molar-refractivity contribution in [3.05, 3.63) is 48.0 Å². The SMILES string of the molecule is CC[C@@H](C)c1ccccc1NS(=O)(=O)c1cccc2nonc12. The Kier molecular flexibility index (Phi) is 4.04. The van der Waals surface area contributed by atoms with E-state index in [4.69, 9.17) is 0 Å². The molecule has 0 aliphatic heterocycles. The largest absolute Gasteiger partial charge is 0.279 e. The molecule has 1 heterocycles. The van der Waals surface area contributed by atoms with E-state index in [1.54, 1.807) is 18.2 Å². The summed E-state index contributed by atoms with van der Waals surface area (Å²) in [6.07, 6.45) is 0.918. The van der Waals surface area contributed by atoms with Crippen LogP contribution in [0.2, 0.25) is 0 Å². The summed E-state index contributed by atoms with van der Waals surface area (Å²) < 4.78 is 32.8. The second-order valence-corrected chi connectivity index (χ2v) is 7.04. The van der Waals surface area contributed by atoms with Crippen molar-refractivity contribution in [2.24, 2.45) is 0 Å². The van der Waals surface area contributed by atoms with E-state index in [0.29, 0.717) is 11.2 Å². The molecule has 3 aromatic rings. The van der Waals surface area contributed by atoms with Crippen molar-refractivity contribution in [1.29, 1.82) is 0 Å². The average Bonchev–Trinajstić information content (AvgIpc) is 3.02. The number of fused-ring (bicyclic) bond motifs is 1. The highest BCUT2D eigenvalue weighted by Gasteiger charge is 2.22. The van der Waals surface area contributed by atoms with Crippen LogP contribution >= 0.6 is 0 Å². The summed E-state index contributed by atoms with van der Waals surface area (Å²) >= 11 is 0. The van der Waals surface area contributed by atoms with Crippen LogP contribution < -0.4 is 4.72 Å². The molecular formula is C16H17N3O3S. The second-order valence-electron chi connectivity index (χ2n) is 5.39. The van der Waals surface area contributed by atoms with Crippen LogP contribution in [0.1, 0.15) is 31.7 Å². The number of hydrogen-bond acceptors (Lipinski definition) is 5. The maximum Gasteiger partial charge on any atom is 0.264 e. The smallest absolute Gasteiger partial charge is 0.264 e. The van der Waals surface area contributed by atoms with Crippen LogP contribution in [0.25, 0.3) is 11.0 Å². The normalized spacial score (nSPS) is 13.1. The minimum atomic E-state index is -3.79. The Morgan fingerprint density at radius 1 is 1.13 bits per heavy atom. The standard InChI is InChI=1S/C16H17N3O3S/c1-3-11(2)12-7-4-5-8-13(12)19-23(20,21)15-10-6-9-14-16(15)18-22-17-14/h4-11,19H,3H2,1-2H3/t11-/m1/s1. The zero-order chi connectivity index (χ0) is 16.4. The lowest BCUT2D eigenvalue weighted by atomic mass is 9.97. The van der Waals surface area contributed by atoms with Crippen molar-refractivity contribution in [3.8, 4) is 0 Å². The summed E-state index contributed by atoms with van der Waals surface area (Å²) in [4.78, 5) is 0.0511. The summed E-state index contributed by atoms with van der Waals surface area (Å²) in [5, 5.41) is 7.38. The van der Waals surface area contributed by atoms with Crippen LogP contribution in [0.3, 0.4) is 0 Å². The first-order valence-corrected chi connectivity index (χ1v) is 8.84. The van der Waals surface area contributed by atoms with Gasteiger partial charge in [0.2, 0.25) is 0 Å². The van der Waals surface area contributed by atoms with Crippen LogP contribution in [0, 0.1) is 0 Å². The summed E-state index contributed by atoms with van der Waals surface area (Å²) in [7, 11) is -3.79. The van der Waals surface area contributed by atoms with Gasteiger partial charge in [0, 0.05) is 0 Å². The summed E-state index contributed by atoms with van der Waals surface area (Å²) in [6.45, 7) is 4.13. The molecule has 120 valence electrons. The van der Waals surface area contributed by atoms with Crippen LogP contribution in [0.5, 0.6) is 0 Å². The number of benzene rings is 2. The van der Waals surface area contributed by atoms with Gasteiger partial charge in [-0.3, -0.25) is 4.72 Å². The number of rotatable bonds is 5. The first kappa shape index (κ1) is 15.5. The third-order valence-corrected chi connectivity index (χ3v) is 5.28. The molecule has 1 aromatic heterocycles. The van der Waals surface area contributed by atoms with Crippen LogP contribution in [-0.4, -0.2) is 18.7 Å². The maximum atomic E-state index is 12.8. The van der Waals surface area contributed by atoms with E-state index in [-0.39, 0.29) is 16.3 Å². The number of nitrogens with zero attached hydrogens (tertiary/aromatic N) is 2. The first-order chi connectivity index (χ1) is 11.0. The highest BCUT2D eigenvalue weighted by molar-refractivity contribution is 7.93. The van der Waals surface area contributed by atoms with Crippen molar-refractivity contribution in [3.63, 3.8) is 0 Å². The van der Waals surface area contributed by atoms with Crippen molar-refractivity contribution in [2.75, 3.05) is 4.72 Å². The van der Waals surface area contributed by atoms with Gasteiger partial charge in [-0.2, -0.15) is 0 Å². The molecule has 0 aliphatic rings. The molecule has 1 atom stereocenters.